The van der Waals surface area contributed by atoms with Crippen molar-refractivity contribution in [2.45, 2.75) is 70.9 Å². The normalized spacial score (nSPS) is 20.9. The molecule has 0 saturated carbocycles. The third-order valence-corrected chi connectivity index (χ3v) is 12.1. The van der Waals surface area contributed by atoms with Crippen LogP contribution in [-0.4, -0.2) is 60.9 Å². The van der Waals surface area contributed by atoms with Gasteiger partial charge in [-0.3, -0.25) is 9.80 Å². The zero-order valence-electron chi connectivity index (χ0n) is 22.4. The molecule has 0 aromatic heterocycles. The minimum atomic E-state index is -2.02. The van der Waals surface area contributed by atoms with Crippen LogP contribution >= 0.6 is 0 Å². The Morgan fingerprint density at radius 1 is 1.14 bits per heavy atom. The number of hydrogen-bond donors (Lipinski definition) is 1. The number of carbonyl (C=O) groups is 1. The maximum atomic E-state index is 12.2. The largest absolute Gasteiger partial charge is 0.543 e. The molecule has 190 valence electrons. The molecule has 6 heteroatoms. The predicted octanol–water partition coefficient (Wildman–Crippen LogP) is 6.44. The van der Waals surface area contributed by atoms with Crippen LogP contribution in [0.2, 0.25) is 18.1 Å². The van der Waals surface area contributed by atoms with Gasteiger partial charge in [-0.25, -0.2) is 4.79 Å². The second-order valence-corrected chi connectivity index (χ2v) is 16.1. The van der Waals surface area contributed by atoms with E-state index in [-0.39, 0.29) is 17.1 Å². The Labute approximate surface area is 212 Å². The minimum absolute atomic E-state index is 0.0870. The van der Waals surface area contributed by atoms with Crippen molar-refractivity contribution in [1.29, 1.82) is 0 Å². The molecular formula is C29H42N2O3Si. The number of rotatable bonds is 8. The fraction of sp³-hybridized carbons (Fsp3) is 0.483. The fourth-order valence-electron chi connectivity index (χ4n) is 4.68. The SMILES string of the molecule is C=CCN1C[C@H](C)N([C@H](c2cccc(O[Si](C)(C)C(C)(C)C)c2)c2ccccc2C(=O)O)C[C@@H]1C. The first kappa shape index (κ1) is 27.2. The molecule has 3 atom stereocenters. The molecule has 2 aromatic carbocycles. The predicted molar refractivity (Wildman–Crippen MR) is 147 cm³/mol. The van der Waals surface area contributed by atoms with E-state index in [0.29, 0.717) is 11.6 Å². The topological polar surface area (TPSA) is 53.0 Å². The maximum absolute atomic E-state index is 12.2. The first-order valence-corrected chi connectivity index (χ1v) is 15.5. The van der Waals surface area contributed by atoms with Crippen molar-refractivity contribution in [3.63, 3.8) is 0 Å². The summed E-state index contributed by atoms with van der Waals surface area (Å²) >= 11 is 0. The number of aromatic carboxylic acids is 1. The molecule has 0 amide bonds. The lowest BCUT2D eigenvalue weighted by molar-refractivity contribution is 0.0301. The summed E-state index contributed by atoms with van der Waals surface area (Å²) < 4.78 is 6.64. The number of piperazine rings is 1. The number of hydrogen-bond acceptors (Lipinski definition) is 4. The molecule has 0 bridgehead atoms. The van der Waals surface area contributed by atoms with Gasteiger partial charge in [-0.05, 0) is 61.3 Å². The van der Waals surface area contributed by atoms with Gasteiger partial charge in [0.2, 0.25) is 8.32 Å². The van der Waals surface area contributed by atoms with Crippen molar-refractivity contribution < 1.29 is 14.3 Å². The highest BCUT2D eigenvalue weighted by molar-refractivity contribution is 6.74. The van der Waals surface area contributed by atoms with Crippen LogP contribution in [0.4, 0.5) is 0 Å². The van der Waals surface area contributed by atoms with Gasteiger partial charge in [0.1, 0.15) is 5.75 Å². The average Bonchev–Trinajstić information content (AvgIpc) is 2.77. The van der Waals surface area contributed by atoms with Gasteiger partial charge in [-0.2, -0.15) is 0 Å². The zero-order valence-corrected chi connectivity index (χ0v) is 23.4. The van der Waals surface area contributed by atoms with Crippen molar-refractivity contribution in [3.05, 3.63) is 77.9 Å². The van der Waals surface area contributed by atoms with Crippen molar-refractivity contribution >= 4 is 14.3 Å². The maximum Gasteiger partial charge on any atom is 0.336 e. The van der Waals surface area contributed by atoms with Gasteiger partial charge in [0.25, 0.3) is 0 Å². The first-order valence-electron chi connectivity index (χ1n) is 12.6. The Morgan fingerprint density at radius 2 is 1.83 bits per heavy atom. The summed E-state index contributed by atoms with van der Waals surface area (Å²) in [6.07, 6.45) is 1.96. The summed E-state index contributed by atoms with van der Waals surface area (Å²) in [6.45, 7) is 22.2. The van der Waals surface area contributed by atoms with Crippen LogP contribution in [0.15, 0.2) is 61.2 Å². The average molecular weight is 495 g/mol. The lowest BCUT2D eigenvalue weighted by atomic mass is 9.90. The standard InChI is InChI=1S/C29H42N2O3Si/c1-9-17-30-19-22(3)31(20-21(30)2)27(25-15-10-11-16-26(25)28(32)33)23-13-12-14-24(18-23)34-35(7,8)29(4,5)6/h9-16,18,21-22,27H,1,17,19-20H2,2-8H3,(H,32,33)/t21-,22-,27+/m0/s1. The highest BCUT2D eigenvalue weighted by Gasteiger charge is 2.40. The molecule has 3 rings (SSSR count). The molecule has 5 nitrogen and oxygen atoms in total. The Balaban J connectivity index is 2.09. The second-order valence-electron chi connectivity index (χ2n) is 11.4. The molecule has 0 radical (unpaired) electrons. The summed E-state index contributed by atoms with van der Waals surface area (Å²) in [7, 11) is -2.02. The third-order valence-electron chi connectivity index (χ3n) is 7.70. The Bertz CT molecular complexity index is 1050. The number of benzene rings is 2. The lowest BCUT2D eigenvalue weighted by Crippen LogP contribution is -2.57. The van der Waals surface area contributed by atoms with E-state index in [9.17, 15) is 9.90 Å². The van der Waals surface area contributed by atoms with Gasteiger partial charge in [0.05, 0.1) is 11.6 Å². The molecular weight excluding hydrogens is 452 g/mol. The van der Waals surface area contributed by atoms with Gasteiger partial charge in [0, 0.05) is 31.7 Å². The summed E-state index contributed by atoms with van der Waals surface area (Å²) in [4.78, 5) is 17.1. The zero-order chi connectivity index (χ0) is 26.0. The molecule has 0 spiro atoms. The van der Waals surface area contributed by atoms with E-state index >= 15 is 0 Å². The van der Waals surface area contributed by atoms with Crippen LogP contribution in [-0.2, 0) is 0 Å². The van der Waals surface area contributed by atoms with E-state index in [0.717, 1.165) is 36.5 Å². The summed E-state index contributed by atoms with van der Waals surface area (Å²) in [5, 5.41) is 10.1. The Hall–Kier alpha value is -2.41. The molecule has 1 saturated heterocycles. The molecule has 1 aliphatic heterocycles. The second kappa shape index (κ2) is 10.7. The van der Waals surface area contributed by atoms with E-state index in [1.165, 1.54) is 0 Å². The van der Waals surface area contributed by atoms with Crippen LogP contribution < -0.4 is 4.43 Å². The quantitative estimate of drug-likeness (QED) is 0.338. The van der Waals surface area contributed by atoms with Crippen molar-refractivity contribution in [2.24, 2.45) is 0 Å². The minimum Gasteiger partial charge on any atom is -0.543 e. The molecule has 0 unspecified atom stereocenters. The molecule has 1 heterocycles. The van der Waals surface area contributed by atoms with Crippen LogP contribution in [0.1, 0.15) is 62.1 Å². The van der Waals surface area contributed by atoms with Gasteiger partial charge in [-0.15, -0.1) is 6.58 Å². The van der Waals surface area contributed by atoms with E-state index in [4.69, 9.17) is 4.43 Å². The van der Waals surface area contributed by atoms with Gasteiger partial charge in [-0.1, -0.05) is 57.2 Å². The summed E-state index contributed by atoms with van der Waals surface area (Å²) in [5.74, 6) is -0.0387. The van der Waals surface area contributed by atoms with Crippen molar-refractivity contribution in [2.75, 3.05) is 19.6 Å². The van der Waals surface area contributed by atoms with Crippen molar-refractivity contribution in [3.8, 4) is 5.75 Å². The van der Waals surface area contributed by atoms with E-state index < -0.39 is 14.3 Å². The molecule has 2 aromatic rings. The Kier molecular flexibility index (Phi) is 8.30. The van der Waals surface area contributed by atoms with Crippen molar-refractivity contribution in [1.82, 2.24) is 9.80 Å². The van der Waals surface area contributed by atoms with Crippen LogP contribution in [0.3, 0.4) is 0 Å². The highest BCUT2D eigenvalue weighted by atomic mass is 28.4. The molecule has 1 fully saturated rings. The first-order chi connectivity index (χ1) is 16.4. The van der Waals surface area contributed by atoms with Gasteiger partial charge < -0.3 is 9.53 Å². The fourth-order valence-corrected chi connectivity index (χ4v) is 5.70. The molecule has 1 aliphatic rings. The molecule has 1 N–H and O–H groups in total. The van der Waals surface area contributed by atoms with E-state index in [1.54, 1.807) is 12.1 Å². The third kappa shape index (κ3) is 6.05. The highest BCUT2D eigenvalue weighted by Crippen LogP contribution is 2.40. The summed E-state index contributed by atoms with van der Waals surface area (Å²) in [6, 6.07) is 16.1. The Morgan fingerprint density at radius 3 is 2.46 bits per heavy atom. The van der Waals surface area contributed by atoms with Gasteiger partial charge in [0.15, 0.2) is 0 Å². The lowest BCUT2D eigenvalue weighted by Gasteiger charge is -2.47. The van der Waals surface area contributed by atoms with E-state index in [1.807, 2.05) is 30.3 Å². The molecule has 0 aliphatic carbocycles. The van der Waals surface area contributed by atoms with Crippen LogP contribution in [0.25, 0.3) is 0 Å². The smallest absolute Gasteiger partial charge is 0.336 e. The summed E-state index contributed by atoms with van der Waals surface area (Å²) in [5.41, 5.74) is 2.23. The van der Waals surface area contributed by atoms with Gasteiger partial charge >= 0.3 is 5.97 Å². The number of carboxylic acids is 1. The molecule has 35 heavy (non-hydrogen) atoms. The van der Waals surface area contributed by atoms with Crippen LogP contribution in [0, 0.1) is 0 Å². The number of carboxylic acid groups (broad SMARTS) is 1. The van der Waals surface area contributed by atoms with Crippen LogP contribution in [0.5, 0.6) is 5.75 Å². The number of nitrogens with zero attached hydrogens (tertiary/aromatic N) is 2. The monoisotopic (exact) mass is 494 g/mol. The van der Waals surface area contributed by atoms with E-state index in [2.05, 4.69) is 76.2 Å².